The third-order valence-electron chi connectivity index (χ3n) is 6.50. The van der Waals surface area contributed by atoms with Crippen molar-refractivity contribution in [2.75, 3.05) is 32.1 Å². The Labute approximate surface area is 195 Å². The maximum absolute atomic E-state index is 13.5. The summed E-state index contributed by atoms with van der Waals surface area (Å²) in [5, 5.41) is 12.6. The molecule has 1 aliphatic rings. The molecule has 1 N–H and O–H groups in total. The quantitative estimate of drug-likeness (QED) is 0.627. The molecule has 4 rings (SSSR count). The molecule has 6 nitrogen and oxygen atoms in total. The van der Waals surface area contributed by atoms with E-state index < -0.39 is 0 Å². The normalized spacial score (nSPS) is 14.3. The molecule has 2 heterocycles. The Morgan fingerprint density at radius 3 is 2.27 bits per heavy atom. The minimum Gasteiger partial charge on any atom is -0.380 e. The van der Waals surface area contributed by atoms with Gasteiger partial charge in [-0.2, -0.15) is 5.26 Å². The SMILES string of the molecule is CNC1CCN(c2cc(-c3ccc(C#N)cc3)c(-c3ccc(COC)cc3)n(C)c2=O)CC1. The molecule has 0 spiro atoms. The van der Waals surface area contributed by atoms with Gasteiger partial charge in [-0.1, -0.05) is 36.4 Å². The molecular weight excluding hydrogens is 412 g/mol. The second-order valence-electron chi connectivity index (χ2n) is 8.53. The van der Waals surface area contributed by atoms with E-state index in [1.165, 1.54) is 0 Å². The lowest BCUT2D eigenvalue weighted by Crippen LogP contribution is -2.43. The summed E-state index contributed by atoms with van der Waals surface area (Å²) in [5.41, 5.74) is 6.21. The van der Waals surface area contributed by atoms with E-state index in [9.17, 15) is 10.1 Å². The van der Waals surface area contributed by atoms with Crippen LogP contribution in [-0.2, 0) is 18.4 Å². The lowest BCUT2D eigenvalue weighted by atomic mass is 9.96. The van der Waals surface area contributed by atoms with Crippen LogP contribution in [-0.4, -0.2) is 37.9 Å². The predicted octanol–water partition coefficient (Wildman–Crippen LogP) is 3.93. The van der Waals surface area contributed by atoms with E-state index in [1.54, 1.807) is 11.7 Å². The number of aromatic nitrogens is 1. The number of hydrogen-bond donors (Lipinski definition) is 1. The smallest absolute Gasteiger partial charge is 0.274 e. The Kier molecular flexibility index (Phi) is 6.93. The first-order chi connectivity index (χ1) is 16.0. The Morgan fingerprint density at radius 1 is 1.06 bits per heavy atom. The molecule has 1 aromatic heterocycles. The molecule has 3 aromatic rings. The highest BCUT2D eigenvalue weighted by Crippen LogP contribution is 2.34. The third-order valence-corrected chi connectivity index (χ3v) is 6.50. The lowest BCUT2D eigenvalue weighted by Gasteiger charge is -2.33. The summed E-state index contributed by atoms with van der Waals surface area (Å²) in [6, 6.07) is 20.4. The maximum atomic E-state index is 13.5. The number of rotatable bonds is 6. The Balaban J connectivity index is 1.85. The second kappa shape index (κ2) is 10.0. The molecule has 0 aliphatic carbocycles. The van der Waals surface area contributed by atoms with Crippen molar-refractivity contribution in [3.63, 3.8) is 0 Å². The molecule has 0 radical (unpaired) electrons. The standard InChI is InChI=1S/C27H30N4O2/c1-29-23-12-14-31(15-13-23)25-16-24(21-8-4-19(17-28)5-9-21)26(30(2)27(25)32)22-10-6-20(7-11-22)18-33-3/h4-11,16,23,29H,12-15,18H2,1-3H3. The van der Waals surface area contributed by atoms with Crippen LogP contribution >= 0.6 is 0 Å². The highest BCUT2D eigenvalue weighted by atomic mass is 16.5. The molecule has 1 saturated heterocycles. The van der Waals surface area contributed by atoms with E-state index in [1.807, 2.05) is 68.7 Å². The van der Waals surface area contributed by atoms with E-state index in [0.717, 1.165) is 59.6 Å². The summed E-state index contributed by atoms with van der Waals surface area (Å²) in [6.45, 7) is 2.24. The monoisotopic (exact) mass is 442 g/mol. The van der Waals surface area contributed by atoms with Gasteiger partial charge in [-0.25, -0.2) is 0 Å². The van der Waals surface area contributed by atoms with Gasteiger partial charge in [0.25, 0.3) is 5.56 Å². The molecule has 33 heavy (non-hydrogen) atoms. The highest BCUT2D eigenvalue weighted by Gasteiger charge is 2.23. The first-order valence-corrected chi connectivity index (χ1v) is 11.3. The summed E-state index contributed by atoms with van der Waals surface area (Å²) in [7, 11) is 5.52. The van der Waals surface area contributed by atoms with Crippen LogP contribution in [0.3, 0.4) is 0 Å². The van der Waals surface area contributed by atoms with Gasteiger partial charge in [0.1, 0.15) is 5.69 Å². The van der Waals surface area contributed by atoms with Crippen molar-refractivity contribution < 1.29 is 4.74 Å². The van der Waals surface area contributed by atoms with Gasteiger partial charge in [0.15, 0.2) is 0 Å². The van der Waals surface area contributed by atoms with Gasteiger partial charge in [-0.05, 0) is 54.8 Å². The lowest BCUT2D eigenvalue weighted by molar-refractivity contribution is 0.185. The molecular formula is C27H30N4O2. The Morgan fingerprint density at radius 2 is 1.70 bits per heavy atom. The zero-order chi connectivity index (χ0) is 23.4. The highest BCUT2D eigenvalue weighted by molar-refractivity contribution is 5.83. The first kappa shape index (κ1) is 22.8. The second-order valence-corrected chi connectivity index (χ2v) is 8.53. The van der Waals surface area contributed by atoms with Crippen LogP contribution in [0, 0.1) is 11.3 Å². The van der Waals surface area contributed by atoms with Gasteiger partial charge < -0.3 is 19.5 Å². The van der Waals surface area contributed by atoms with E-state index >= 15 is 0 Å². The van der Waals surface area contributed by atoms with E-state index in [0.29, 0.717) is 18.2 Å². The van der Waals surface area contributed by atoms with Crippen molar-refractivity contribution in [2.45, 2.75) is 25.5 Å². The van der Waals surface area contributed by atoms with Gasteiger partial charge in [-0.15, -0.1) is 0 Å². The number of ether oxygens (including phenoxy) is 1. The maximum Gasteiger partial charge on any atom is 0.274 e. The summed E-state index contributed by atoms with van der Waals surface area (Å²) in [4.78, 5) is 15.7. The minimum atomic E-state index is 0.00581. The number of nitriles is 1. The molecule has 2 aromatic carbocycles. The average Bonchev–Trinajstić information content (AvgIpc) is 2.86. The van der Waals surface area contributed by atoms with Gasteiger partial charge in [0.2, 0.25) is 0 Å². The van der Waals surface area contributed by atoms with Crippen LogP contribution in [0.4, 0.5) is 5.69 Å². The Bertz CT molecular complexity index is 1200. The molecule has 0 unspecified atom stereocenters. The van der Waals surface area contributed by atoms with E-state index in [-0.39, 0.29) is 5.56 Å². The average molecular weight is 443 g/mol. The molecule has 0 atom stereocenters. The van der Waals surface area contributed by atoms with E-state index in [2.05, 4.69) is 16.3 Å². The zero-order valence-corrected chi connectivity index (χ0v) is 19.5. The number of piperidine rings is 1. The summed E-state index contributed by atoms with van der Waals surface area (Å²) in [6.07, 6.45) is 2.02. The van der Waals surface area contributed by atoms with Crippen LogP contribution in [0.5, 0.6) is 0 Å². The fourth-order valence-electron chi connectivity index (χ4n) is 4.58. The van der Waals surface area contributed by atoms with Gasteiger partial charge in [0.05, 0.1) is 23.9 Å². The first-order valence-electron chi connectivity index (χ1n) is 11.3. The molecule has 170 valence electrons. The molecule has 6 heteroatoms. The Hall–Kier alpha value is -3.40. The van der Waals surface area contributed by atoms with E-state index in [4.69, 9.17) is 4.74 Å². The number of nitrogens with zero attached hydrogens (tertiary/aromatic N) is 3. The fourth-order valence-corrected chi connectivity index (χ4v) is 4.58. The van der Waals surface area contributed by atoms with Crippen molar-refractivity contribution >= 4 is 5.69 Å². The number of nitrogens with one attached hydrogen (secondary N) is 1. The largest absolute Gasteiger partial charge is 0.380 e. The molecule has 0 saturated carbocycles. The van der Waals surface area contributed by atoms with Crippen molar-refractivity contribution in [3.8, 4) is 28.5 Å². The van der Waals surface area contributed by atoms with Crippen LogP contribution in [0.25, 0.3) is 22.4 Å². The number of pyridine rings is 1. The molecule has 0 bridgehead atoms. The van der Waals surface area contributed by atoms with Crippen LogP contribution in [0.15, 0.2) is 59.4 Å². The van der Waals surface area contributed by atoms with Crippen LogP contribution in [0.2, 0.25) is 0 Å². The van der Waals surface area contributed by atoms with Gasteiger partial charge in [-0.3, -0.25) is 4.79 Å². The number of benzene rings is 2. The minimum absolute atomic E-state index is 0.00581. The number of hydrogen-bond acceptors (Lipinski definition) is 5. The van der Waals surface area contributed by atoms with Crippen molar-refractivity contribution in [2.24, 2.45) is 7.05 Å². The molecule has 1 fully saturated rings. The number of anilines is 1. The summed E-state index contributed by atoms with van der Waals surface area (Å²) < 4.78 is 7.00. The predicted molar refractivity (Wildman–Crippen MR) is 132 cm³/mol. The summed E-state index contributed by atoms with van der Waals surface area (Å²) >= 11 is 0. The van der Waals surface area contributed by atoms with Gasteiger partial charge in [0, 0.05) is 38.9 Å². The zero-order valence-electron chi connectivity index (χ0n) is 19.5. The fraction of sp³-hybridized carbons (Fsp3) is 0.333. The molecule has 0 amide bonds. The van der Waals surface area contributed by atoms with Crippen molar-refractivity contribution in [1.82, 2.24) is 9.88 Å². The van der Waals surface area contributed by atoms with Gasteiger partial charge >= 0.3 is 0 Å². The molecule has 1 aliphatic heterocycles. The third kappa shape index (κ3) is 4.70. The topological polar surface area (TPSA) is 70.3 Å². The van der Waals surface area contributed by atoms with Crippen LogP contribution in [0.1, 0.15) is 24.0 Å². The summed E-state index contributed by atoms with van der Waals surface area (Å²) in [5.74, 6) is 0. The number of methoxy groups -OCH3 is 1. The van der Waals surface area contributed by atoms with Crippen LogP contribution < -0.4 is 15.8 Å². The van der Waals surface area contributed by atoms with Crippen molar-refractivity contribution in [1.29, 1.82) is 5.26 Å². The van der Waals surface area contributed by atoms with Crippen molar-refractivity contribution in [3.05, 3.63) is 76.1 Å².